The molecule has 0 amide bonds. The summed E-state index contributed by atoms with van der Waals surface area (Å²) in [5.74, 6) is 1.69. The number of thioether (sulfide) groups is 1. The maximum absolute atomic E-state index is 8.87. The summed E-state index contributed by atoms with van der Waals surface area (Å²) < 4.78 is 0. The van der Waals surface area contributed by atoms with E-state index < -0.39 is 0 Å². The van der Waals surface area contributed by atoms with Crippen LogP contribution in [0.1, 0.15) is 11.4 Å². The van der Waals surface area contributed by atoms with E-state index in [0.29, 0.717) is 23.0 Å². The molecular weight excluding hydrogens is 282 g/mol. The molecule has 0 unspecified atom stereocenters. The average molecular weight is 293 g/mol. The lowest BCUT2D eigenvalue weighted by molar-refractivity contribution is 1.06. The van der Waals surface area contributed by atoms with Crippen LogP contribution in [-0.2, 0) is 5.75 Å². The second-order valence-corrected chi connectivity index (χ2v) is 5.32. The van der Waals surface area contributed by atoms with Crippen molar-refractivity contribution in [2.75, 3.05) is 5.73 Å². The van der Waals surface area contributed by atoms with E-state index >= 15 is 0 Å². The summed E-state index contributed by atoms with van der Waals surface area (Å²) in [6.07, 6.45) is 1.62. The van der Waals surface area contributed by atoms with Crippen LogP contribution in [0.25, 0.3) is 10.9 Å². The summed E-state index contributed by atoms with van der Waals surface area (Å²) in [4.78, 5) is 13.0. The molecule has 102 valence electrons. The van der Waals surface area contributed by atoms with Crippen molar-refractivity contribution in [1.29, 1.82) is 5.26 Å². The van der Waals surface area contributed by atoms with Gasteiger partial charge < -0.3 is 5.73 Å². The Balaban J connectivity index is 1.83. The molecule has 0 atom stereocenters. The van der Waals surface area contributed by atoms with E-state index in [1.807, 2.05) is 24.3 Å². The Morgan fingerprint density at radius 2 is 2.05 bits per heavy atom. The second-order valence-electron chi connectivity index (χ2n) is 4.33. The van der Waals surface area contributed by atoms with Gasteiger partial charge in [-0.15, -0.1) is 0 Å². The van der Waals surface area contributed by atoms with Crippen molar-refractivity contribution in [2.45, 2.75) is 10.8 Å². The lowest BCUT2D eigenvalue weighted by Crippen LogP contribution is -2.00. The highest BCUT2D eigenvalue weighted by atomic mass is 32.2. The van der Waals surface area contributed by atoms with Gasteiger partial charge in [-0.3, -0.25) is 0 Å². The van der Waals surface area contributed by atoms with Gasteiger partial charge in [0, 0.05) is 11.6 Å². The van der Waals surface area contributed by atoms with Crippen LogP contribution in [0.15, 0.2) is 47.6 Å². The first-order valence-electron chi connectivity index (χ1n) is 6.26. The number of pyridine rings is 1. The highest BCUT2D eigenvalue weighted by Crippen LogP contribution is 2.23. The average Bonchev–Trinajstić information content (AvgIpc) is 2.53. The molecule has 5 nitrogen and oxygen atoms in total. The number of nitrogens with two attached hydrogens (primary N) is 1. The van der Waals surface area contributed by atoms with Crippen LogP contribution in [0.2, 0.25) is 0 Å². The van der Waals surface area contributed by atoms with Crippen LogP contribution in [0.4, 0.5) is 5.82 Å². The fourth-order valence-corrected chi connectivity index (χ4v) is 2.66. The first-order valence-corrected chi connectivity index (χ1v) is 7.25. The van der Waals surface area contributed by atoms with Gasteiger partial charge in [-0.1, -0.05) is 23.9 Å². The van der Waals surface area contributed by atoms with Gasteiger partial charge in [0.1, 0.15) is 11.6 Å². The molecular formula is C15H11N5S. The topological polar surface area (TPSA) is 88.5 Å². The standard InChI is InChI=1S/C15H11N5S/c16-8-10-5-6-18-14(7-10)21-9-13-19-12-4-2-1-3-11(12)15(17)20-13/h1-7H,9H2,(H2,17,19,20). The highest BCUT2D eigenvalue weighted by molar-refractivity contribution is 7.98. The number of aromatic nitrogens is 3. The highest BCUT2D eigenvalue weighted by Gasteiger charge is 2.06. The maximum Gasteiger partial charge on any atom is 0.141 e. The number of para-hydroxylation sites is 1. The van der Waals surface area contributed by atoms with Crippen molar-refractivity contribution in [2.24, 2.45) is 0 Å². The van der Waals surface area contributed by atoms with E-state index in [2.05, 4.69) is 21.0 Å². The number of hydrogen-bond acceptors (Lipinski definition) is 6. The summed E-state index contributed by atoms with van der Waals surface area (Å²) in [5.41, 5.74) is 7.37. The van der Waals surface area contributed by atoms with E-state index in [1.54, 1.807) is 18.3 Å². The summed E-state index contributed by atoms with van der Waals surface area (Å²) in [6, 6.07) is 13.2. The minimum atomic E-state index is 0.481. The maximum atomic E-state index is 8.87. The Labute approximate surface area is 125 Å². The monoisotopic (exact) mass is 293 g/mol. The van der Waals surface area contributed by atoms with Gasteiger partial charge in [-0.05, 0) is 24.3 Å². The van der Waals surface area contributed by atoms with Crippen LogP contribution in [0.5, 0.6) is 0 Å². The molecule has 0 saturated heterocycles. The molecule has 0 spiro atoms. The van der Waals surface area contributed by atoms with Crippen molar-refractivity contribution in [3.8, 4) is 6.07 Å². The Morgan fingerprint density at radius 3 is 2.90 bits per heavy atom. The molecule has 3 rings (SSSR count). The number of nitriles is 1. The van der Waals surface area contributed by atoms with Gasteiger partial charge in [0.2, 0.25) is 0 Å². The number of anilines is 1. The minimum Gasteiger partial charge on any atom is -0.383 e. The van der Waals surface area contributed by atoms with E-state index in [4.69, 9.17) is 11.0 Å². The van der Waals surface area contributed by atoms with E-state index in [0.717, 1.165) is 15.9 Å². The van der Waals surface area contributed by atoms with Crippen LogP contribution in [0, 0.1) is 11.3 Å². The summed E-state index contributed by atoms with van der Waals surface area (Å²) in [7, 11) is 0. The van der Waals surface area contributed by atoms with Gasteiger partial charge >= 0.3 is 0 Å². The number of benzene rings is 1. The zero-order valence-corrected chi connectivity index (χ0v) is 11.8. The predicted molar refractivity (Wildman–Crippen MR) is 82.5 cm³/mol. The molecule has 0 saturated carbocycles. The van der Waals surface area contributed by atoms with Crippen molar-refractivity contribution in [3.05, 3.63) is 54.0 Å². The number of fused-ring (bicyclic) bond motifs is 1. The normalized spacial score (nSPS) is 10.4. The Morgan fingerprint density at radius 1 is 1.19 bits per heavy atom. The third kappa shape index (κ3) is 2.93. The van der Waals surface area contributed by atoms with Crippen LogP contribution >= 0.6 is 11.8 Å². The SMILES string of the molecule is N#Cc1ccnc(SCc2nc(N)c3ccccc3n2)c1. The van der Waals surface area contributed by atoms with Gasteiger partial charge in [-0.2, -0.15) is 5.26 Å². The Hall–Kier alpha value is -2.65. The van der Waals surface area contributed by atoms with Crippen molar-refractivity contribution >= 4 is 28.5 Å². The van der Waals surface area contributed by atoms with Gasteiger partial charge in [0.05, 0.1) is 27.9 Å². The third-order valence-corrected chi connectivity index (χ3v) is 3.81. The van der Waals surface area contributed by atoms with E-state index in [-0.39, 0.29) is 0 Å². The molecule has 6 heteroatoms. The van der Waals surface area contributed by atoms with Crippen LogP contribution in [0.3, 0.4) is 0 Å². The second kappa shape index (κ2) is 5.77. The van der Waals surface area contributed by atoms with Gasteiger partial charge in [-0.25, -0.2) is 15.0 Å². The van der Waals surface area contributed by atoms with Crippen molar-refractivity contribution < 1.29 is 0 Å². The lowest BCUT2D eigenvalue weighted by atomic mass is 10.2. The third-order valence-electron chi connectivity index (χ3n) is 2.89. The zero-order chi connectivity index (χ0) is 14.7. The number of nitrogen functional groups attached to an aromatic ring is 1. The number of rotatable bonds is 3. The lowest BCUT2D eigenvalue weighted by Gasteiger charge is -2.05. The molecule has 0 fully saturated rings. The van der Waals surface area contributed by atoms with Crippen LogP contribution in [-0.4, -0.2) is 15.0 Å². The molecule has 0 aliphatic heterocycles. The molecule has 0 bridgehead atoms. The van der Waals surface area contributed by atoms with Crippen LogP contribution < -0.4 is 5.73 Å². The van der Waals surface area contributed by atoms with Gasteiger partial charge in [0.15, 0.2) is 0 Å². The van der Waals surface area contributed by atoms with Crippen molar-refractivity contribution in [1.82, 2.24) is 15.0 Å². The largest absolute Gasteiger partial charge is 0.383 e. The fraction of sp³-hybridized carbons (Fsp3) is 0.0667. The molecule has 1 aromatic carbocycles. The number of hydrogen-bond donors (Lipinski definition) is 1. The Kier molecular flexibility index (Phi) is 3.67. The number of nitrogens with zero attached hydrogens (tertiary/aromatic N) is 4. The molecule has 0 aliphatic rings. The van der Waals surface area contributed by atoms with E-state index in [1.165, 1.54) is 11.8 Å². The Bertz CT molecular complexity index is 841. The molecule has 2 heterocycles. The summed E-state index contributed by atoms with van der Waals surface area (Å²) >= 11 is 1.48. The van der Waals surface area contributed by atoms with Gasteiger partial charge in [0.25, 0.3) is 0 Å². The molecule has 2 N–H and O–H groups in total. The zero-order valence-electron chi connectivity index (χ0n) is 11.0. The molecule has 2 aromatic heterocycles. The fourth-order valence-electron chi connectivity index (χ4n) is 1.91. The molecule has 0 radical (unpaired) electrons. The molecule has 3 aromatic rings. The minimum absolute atomic E-state index is 0.481. The first-order chi connectivity index (χ1) is 10.3. The first kappa shape index (κ1) is 13.3. The smallest absolute Gasteiger partial charge is 0.141 e. The van der Waals surface area contributed by atoms with Crippen molar-refractivity contribution in [3.63, 3.8) is 0 Å². The summed E-state index contributed by atoms with van der Waals surface area (Å²) in [5, 5.41) is 10.5. The molecule has 0 aliphatic carbocycles. The molecule has 21 heavy (non-hydrogen) atoms. The van der Waals surface area contributed by atoms with E-state index in [9.17, 15) is 0 Å². The summed E-state index contributed by atoms with van der Waals surface area (Å²) in [6.45, 7) is 0. The quantitative estimate of drug-likeness (QED) is 0.747. The predicted octanol–water partition coefficient (Wildman–Crippen LogP) is 2.77.